The van der Waals surface area contributed by atoms with Crippen LogP contribution in [0.25, 0.3) is 0 Å². The summed E-state index contributed by atoms with van der Waals surface area (Å²) < 4.78 is 6.25. The van der Waals surface area contributed by atoms with Crippen LogP contribution in [0.5, 0.6) is 5.75 Å². The topological polar surface area (TPSA) is 52.4 Å². The highest BCUT2D eigenvalue weighted by molar-refractivity contribution is 9.10. The summed E-state index contributed by atoms with van der Waals surface area (Å²) >= 11 is 8.97. The zero-order valence-electron chi connectivity index (χ0n) is 10.4. The number of alkyl halides is 1. The predicted molar refractivity (Wildman–Crippen MR) is 81.1 cm³/mol. The molecular formula is C14H11BrClNO3. The molecule has 0 N–H and O–H groups in total. The molecule has 0 amide bonds. The monoisotopic (exact) mass is 355 g/mol. The van der Waals surface area contributed by atoms with E-state index >= 15 is 0 Å². The van der Waals surface area contributed by atoms with Gasteiger partial charge in [-0.25, -0.2) is 0 Å². The number of ether oxygens (including phenoxy) is 1. The minimum absolute atomic E-state index is 0.0351. The molecule has 0 fully saturated rings. The molecule has 0 bridgehead atoms. The van der Waals surface area contributed by atoms with Crippen molar-refractivity contribution in [3.63, 3.8) is 0 Å². The van der Waals surface area contributed by atoms with E-state index in [1.54, 1.807) is 18.2 Å². The van der Waals surface area contributed by atoms with Gasteiger partial charge in [-0.2, -0.15) is 0 Å². The third kappa shape index (κ3) is 3.71. The molecule has 0 atom stereocenters. The maximum atomic E-state index is 11.0. The summed E-state index contributed by atoms with van der Waals surface area (Å²) in [6, 6.07) is 12.2. The maximum absolute atomic E-state index is 11.0. The lowest BCUT2D eigenvalue weighted by molar-refractivity contribution is -0.385. The van der Waals surface area contributed by atoms with Crippen LogP contribution in [-0.4, -0.2) is 4.92 Å². The van der Waals surface area contributed by atoms with Crippen molar-refractivity contribution in [2.24, 2.45) is 0 Å². The van der Waals surface area contributed by atoms with Crippen molar-refractivity contribution < 1.29 is 9.66 Å². The van der Waals surface area contributed by atoms with Gasteiger partial charge >= 0.3 is 0 Å². The van der Waals surface area contributed by atoms with Gasteiger partial charge in [0.2, 0.25) is 0 Å². The van der Waals surface area contributed by atoms with E-state index in [4.69, 9.17) is 16.3 Å². The van der Waals surface area contributed by atoms with Crippen molar-refractivity contribution in [3.05, 3.63) is 68.2 Å². The van der Waals surface area contributed by atoms with Gasteiger partial charge in [-0.1, -0.05) is 28.1 Å². The van der Waals surface area contributed by atoms with Gasteiger partial charge in [-0.3, -0.25) is 10.1 Å². The van der Waals surface area contributed by atoms with E-state index in [9.17, 15) is 10.1 Å². The Balaban J connectivity index is 2.16. The number of rotatable bonds is 5. The second-order valence-electron chi connectivity index (χ2n) is 4.10. The summed E-state index contributed by atoms with van der Waals surface area (Å²) in [6.45, 7) is 0.134. The highest BCUT2D eigenvalue weighted by atomic mass is 79.9. The van der Waals surface area contributed by atoms with Crippen molar-refractivity contribution in [2.45, 2.75) is 12.5 Å². The Morgan fingerprint density at radius 3 is 2.75 bits per heavy atom. The lowest BCUT2D eigenvalue weighted by Gasteiger charge is -2.08. The summed E-state index contributed by atoms with van der Waals surface area (Å²) in [5, 5.41) is 11.0. The van der Waals surface area contributed by atoms with Crippen LogP contribution in [0.15, 0.2) is 46.9 Å². The van der Waals surface area contributed by atoms with Crippen LogP contribution >= 0.6 is 27.5 Å². The lowest BCUT2D eigenvalue weighted by Crippen LogP contribution is -2.00. The molecule has 20 heavy (non-hydrogen) atoms. The fourth-order valence-electron chi connectivity index (χ4n) is 1.71. The van der Waals surface area contributed by atoms with E-state index in [-0.39, 0.29) is 12.3 Å². The van der Waals surface area contributed by atoms with Gasteiger partial charge in [-0.05, 0) is 29.8 Å². The zero-order chi connectivity index (χ0) is 14.5. The first-order valence-corrected chi connectivity index (χ1v) is 7.13. The molecule has 4 nitrogen and oxygen atoms in total. The molecule has 104 valence electrons. The lowest BCUT2D eigenvalue weighted by atomic mass is 10.2. The number of halogens is 2. The molecule has 0 saturated carbocycles. The molecule has 0 aliphatic rings. The summed E-state index contributed by atoms with van der Waals surface area (Å²) in [7, 11) is 0. The Labute approximate surface area is 129 Å². The van der Waals surface area contributed by atoms with Gasteiger partial charge in [0.05, 0.1) is 10.5 Å². The third-order valence-corrected chi connectivity index (χ3v) is 3.49. The second-order valence-corrected chi connectivity index (χ2v) is 5.28. The SMILES string of the molecule is O=[N+]([O-])c1cc(Br)ccc1COc1cccc(CCl)c1. The number of hydrogen-bond donors (Lipinski definition) is 0. The Hall–Kier alpha value is -1.59. The van der Waals surface area contributed by atoms with Gasteiger partial charge in [0, 0.05) is 16.4 Å². The van der Waals surface area contributed by atoms with Gasteiger partial charge in [0.1, 0.15) is 12.4 Å². The first-order chi connectivity index (χ1) is 9.60. The molecule has 0 aliphatic carbocycles. The van der Waals surface area contributed by atoms with E-state index in [0.717, 1.165) is 5.56 Å². The minimum atomic E-state index is -0.418. The van der Waals surface area contributed by atoms with Gasteiger partial charge in [0.15, 0.2) is 0 Å². The largest absolute Gasteiger partial charge is 0.489 e. The molecule has 0 radical (unpaired) electrons. The fraction of sp³-hybridized carbons (Fsp3) is 0.143. The molecule has 2 rings (SSSR count). The van der Waals surface area contributed by atoms with Crippen LogP contribution in [0.4, 0.5) is 5.69 Å². The number of benzene rings is 2. The summed E-state index contributed by atoms with van der Waals surface area (Å²) in [5.41, 5.74) is 1.50. The molecule has 0 unspecified atom stereocenters. The second kappa shape index (κ2) is 6.72. The molecule has 0 aromatic heterocycles. The predicted octanol–water partition coefficient (Wildman–Crippen LogP) is 4.68. The Bertz CT molecular complexity index is 634. The number of nitro benzene ring substituents is 1. The first kappa shape index (κ1) is 14.8. The van der Waals surface area contributed by atoms with Gasteiger partial charge in [-0.15, -0.1) is 11.6 Å². The number of hydrogen-bond acceptors (Lipinski definition) is 3. The number of nitrogens with zero attached hydrogens (tertiary/aromatic N) is 1. The van der Waals surface area contributed by atoms with Crippen LogP contribution in [0.1, 0.15) is 11.1 Å². The Morgan fingerprint density at radius 2 is 2.05 bits per heavy atom. The van der Waals surface area contributed by atoms with Gasteiger partial charge < -0.3 is 4.74 Å². The van der Waals surface area contributed by atoms with Crippen LogP contribution in [0.3, 0.4) is 0 Å². The van der Waals surface area contributed by atoms with Crippen LogP contribution < -0.4 is 4.74 Å². The molecule has 0 heterocycles. The number of nitro groups is 1. The van der Waals surface area contributed by atoms with E-state index < -0.39 is 4.92 Å². The summed E-state index contributed by atoms with van der Waals surface area (Å²) in [6.07, 6.45) is 0. The first-order valence-electron chi connectivity index (χ1n) is 5.80. The molecular weight excluding hydrogens is 346 g/mol. The molecule has 6 heteroatoms. The van der Waals surface area contributed by atoms with E-state index in [2.05, 4.69) is 15.9 Å². The smallest absolute Gasteiger partial charge is 0.277 e. The van der Waals surface area contributed by atoms with Gasteiger partial charge in [0.25, 0.3) is 5.69 Å². The van der Waals surface area contributed by atoms with Crippen LogP contribution in [-0.2, 0) is 12.5 Å². The molecule has 2 aromatic rings. The van der Waals surface area contributed by atoms with Crippen molar-refractivity contribution in [1.82, 2.24) is 0 Å². The minimum Gasteiger partial charge on any atom is -0.489 e. The quantitative estimate of drug-likeness (QED) is 0.444. The Morgan fingerprint density at radius 1 is 1.25 bits per heavy atom. The average molecular weight is 357 g/mol. The van der Waals surface area contributed by atoms with Crippen molar-refractivity contribution >= 4 is 33.2 Å². The van der Waals surface area contributed by atoms with Crippen molar-refractivity contribution in [2.75, 3.05) is 0 Å². The zero-order valence-corrected chi connectivity index (χ0v) is 12.7. The van der Waals surface area contributed by atoms with Crippen LogP contribution in [0.2, 0.25) is 0 Å². The Kier molecular flexibility index (Phi) is 4.98. The summed E-state index contributed by atoms with van der Waals surface area (Å²) in [5.74, 6) is 1.04. The maximum Gasteiger partial charge on any atom is 0.277 e. The highest BCUT2D eigenvalue weighted by Gasteiger charge is 2.14. The molecule has 2 aromatic carbocycles. The van der Waals surface area contributed by atoms with E-state index in [1.165, 1.54) is 6.07 Å². The standard InChI is InChI=1S/C14H11BrClNO3/c15-12-5-4-11(14(7-12)17(18)19)9-20-13-3-1-2-10(6-13)8-16/h1-7H,8-9H2. The normalized spacial score (nSPS) is 10.3. The highest BCUT2D eigenvalue weighted by Crippen LogP contribution is 2.25. The molecule has 0 aliphatic heterocycles. The van der Waals surface area contributed by atoms with Crippen molar-refractivity contribution in [1.29, 1.82) is 0 Å². The molecule has 0 spiro atoms. The van der Waals surface area contributed by atoms with Crippen molar-refractivity contribution in [3.8, 4) is 5.75 Å². The van der Waals surface area contributed by atoms with Crippen LogP contribution in [0, 0.1) is 10.1 Å². The molecule has 0 saturated heterocycles. The average Bonchev–Trinajstić information content (AvgIpc) is 2.46. The third-order valence-electron chi connectivity index (χ3n) is 2.69. The summed E-state index contributed by atoms with van der Waals surface area (Å²) in [4.78, 5) is 10.6. The fourth-order valence-corrected chi connectivity index (χ4v) is 2.22. The van der Waals surface area contributed by atoms with E-state index in [1.807, 2.05) is 18.2 Å². The van der Waals surface area contributed by atoms with E-state index in [0.29, 0.717) is 21.7 Å².